The highest BCUT2D eigenvalue weighted by Gasteiger charge is 2.45. The molecule has 1 saturated heterocycles. The number of nitrogens with zero attached hydrogens (tertiary/aromatic N) is 2. The summed E-state index contributed by atoms with van der Waals surface area (Å²) < 4.78 is 42.1. The van der Waals surface area contributed by atoms with Gasteiger partial charge in [-0.05, 0) is 27.2 Å². The van der Waals surface area contributed by atoms with E-state index >= 15 is 0 Å². The third kappa shape index (κ3) is 4.28. The number of carbonyl (C=O) groups excluding carboxylic acids is 2. The third-order valence-corrected chi connectivity index (χ3v) is 2.92. The van der Waals surface area contributed by atoms with Crippen LogP contribution in [0.3, 0.4) is 0 Å². The van der Waals surface area contributed by atoms with E-state index in [1.54, 1.807) is 20.8 Å². The number of halogens is 3. The summed E-state index contributed by atoms with van der Waals surface area (Å²) in [6.45, 7) is 4.96. The molecule has 1 rings (SSSR count). The van der Waals surface area contributed by atoms with Crippen molar-refractivity contribution in [1.82, 2.24) is 9.80 Å². The van der Waals surface area contributed by atoms with Gasteiger partial charge < -0.3 is 14.5 Å². The zero-order valence-corrected chi connectivity index (χ0v) is 12.0. The Hall–Kier alpha value is -1.47. The van der Waals surface area contributed by atoms with Gasteiger partial charge in [-0.1, -0.05) is 0 Å². The Morgan fingerprint density at radius 2 is 1.80 bits per heavy atom. The zero-order chi connectivity index (χ0) is 15.7. The van der Waals surface area contributed by atoms with E-state index in [-0.39, 0.29) is 13.1 Å². The number of amides is 2. The molecule has 1 aliphatic heterocycles. The number of hydrogen-bond acceptors (Lipinski definition) is 3. The summed E-state index contributed by atoms with van der Waals surface area (Å²) in [5.41, 5.74) is -0.675. The fourth-order valence-electron chi connectivity index (χ4n) is 1.90. The molecule has 0 radical (unpaired) electrons. The Kier molecular flexibility index (Phi) is 4.55. The van der Waals surface area contributed by atoms with Gasteiger partial charge in [-0.15, -0.1) is 0 Å². The average Bonchev–Trinajstić information content (AvgIpc) is 2.72. The van der Waals surface area contributed by atoms with Crippen LogP contribution < -0.4 is 0 Å². The van der Waals surface area contributed by atoms with Gasteiger partial charge in [0.05, 0.1) is 6.04 Å². The van der Waals surface area contributed by atoms with Gasteiger partial charge in [0.15, 0.2) is 0 Å². The van der Waals surface area contributed by atoms with Crippen LogP contribution in [0.25, 0.3) is 0 Å². The summed E-state index contributed by atoms with van der Waals surface area (Å²) in [7, 11) is 1.46. The molecule has 0 N–H and O–H groups in total. The highest BCUT2D eigenvalue weighted by Crippen LogP contribution is 2.24. The molecule has 1 aliphatic rings. The first kappa shape index (κ1) is 16.6. The van der Waals surface area contributed by atoms with E-state index in [0.717, 1.165) is 0 Å². The van der Waals surface area contributed by atoms with Crippen molar-refractivity contribution in [1.29, 1.82) is 0 Å². The molecule has 0 unspecified atom stereocenters. The smallest absolute Gasteiger partial charge is 0.444 e. The van der Waals surface area contributed by atoms with Gasteiger partial charge in [0.1, 0.15) is 5.60 Å². The van der Waals surface area contributed by atoms with Crippen LogP contribution in [0, 0.1) is 0 Å². The quantitative estimate of drug-likeness (QED) is 0.744. The molecule has 0 aromatic carbocycles. The van der Waals surface area contributed by atoms with Crippen molar-refractivity contribution in [3.05, 3.63) is 0 Å². The number of likely N-dealkylation sites (tertiary alicyclic amines) is 1. The van der Waals surface area contributed by atoms with Crippen LogP contribution in [0.2, 0.25) is 0 Å². The fourth-order valence-corrected chi connectivity index (χ4v) is 1.90. The minimum Gasteiger partial charge on any atom is -0.444 e. The van der Waals surface area contributed by atoms with Crippen molar-refractivity contribution in [2.45, 2.75) is 45.0 Å². The Balaban J connectivity index is 2.60. The van der Waals surface area contributed by atoms with Crippen molar-refractivity contribution >= 4 is 12.0 Å². The van der Waals surface area contributed by atoms with Gasteiger partial charge in [0, 0.05) is 20.1 Å². The van der Waals surface area contributed by atoms with E-state index in [0.29, 0.717) is 11.3 Å². The Bertz CT molecular complexity index is 390. The number of rotatable bonds is 1. The van der Waals surface area contributed by atoms with Crippen molar-refractivity contribution in [2.24, 2.45) is 0 Å². The Morgan fingerprint density at radius 1 is 1.25 bits per heavy atom. The lowest BCUT2D eigenvalue weighted by Crippen LogP contribution is -2.44. The molecule has 2 amide bonds. The van der Waals surface area contributed by atoms with Crippen molar-refractivity contribution in [3.63, 3.8) is 0 Å². The topological polar surface area (TPSA) is 49.9 Å². The van der Waals surface area contributed by atoms with Crippen molar-refractivity contribution in [2.75, 3.05) is 20.1 Å². The SMILES string of the molecule is CN(C(=O)OC(C)(C)C)[C@@H]1CCN(C(=O)C(F)(F)F)C1. The average molecular weight is 296 g/mol. The minimum atomic E-state index is -4.88. The Morgan fingerprint density at radius 3 is 2.25 bits per heavy atom. The summed E-state index contributed by atoms with van der Waals surface area (Å²) in [4.78, 5) is 24.9. The first-order chi connectivity index (χ1) is 8.92. The van der Waals surface area contributed by atoms with Gasteiger partial charge >= 0.3 is 18.2 Å². The number of alkyl halides is 3. The van der Waals surface area contributed by atoms with Crippen LogP contribution in [-0.4, -0.2) is 59.8 Å². The standard InChI is InChI=1S/C12H19F3N2O3/c1-11(2,3)20-10(19)16(4)8-5-6-17(7-8)9(18)12(13,14)15/h8H,5-7H2,1-4H3/t8-/m1/s1. The van der Waals surface area contributed by atoms with E-state index in [4.69, 9.17) is 4.74 Å². The molecule has 0 aromatic rings. The highest BCUT2D eigenvalue weighted by molar-refractivity contribution is 5.82. The van der Waals surface area contributed by atoms with Crippen molar-refractivity contribution in [3.8, 4) is 0 Å². The van der Waals surface area contributed by atoms with E-state index in [1.807, 2.05) is 0 Å². The van der Waals surface area contributed by atoms with E-state index in [9.17, 15) is 22.8 Å². The summed E-state index contributed by atoms with van der Waals surface area (Å²) >= 11 is 0. The molecule has 116 valence electrons. The number of hydrogen-bond donors (Lipinski definition) is 0. The molecule has 20 heavy (non-hydrogen) atoms. The molecule has 0 spiro atoms. The minimum absolute atomic E-state index is 0.0177. The number of likely N-dealkylation sites (N-methyl/N-ethyl adjacent to an activating group) is 1. The summed E-state index contributed by atoms with van der Waals surface area (Å²) in [5.74, 6) is -1.86. The molecule has 0 aliphatic carbocycles. The lowest BCUT2D eigenvalue weighted by atomic mass is 10.2. The second kappa shape index (κ2) is 5.49. The van der Waals surface area contributed by atoms with Crippen LogP contribution in [0.15, 0.2) is 0 Å². The van der Waals surface area contributed by atoms with Crippen LogP contribution in [0.1, 0.15) is 27.2 Å². The highest BCUT2D eigenvalue weighted by atomic mass is 19.4. The maximum absolute atomic E-state index is 12.3. The van der Waals surface area contributed by atoms with Gasteiger partial charge in [0.2, 0.25) is 0 Å². The summed E-state index contributed by atoms with van der Waals surface area (Å²) in [5, 5.41) is 0. The van der Waals surface area contributed by atoms with Gasteiger partial charge in [-0.2, -0.15) is 13.2 Å². The van der Waals surface area contributed by atoms with Gasteiger partial charge in [-0.25, -0.2) is 4.79 Å². The Labute approximate surface area is 115 Å². The predicted octanol–water partition coefficient (Wildman–Crippen LogP) is 2.02. The van der Waals surface area contributed by atoms with Gasteiger partial charge in [0.25, 0.3) is 0 Å². The number of ether oxygens (including phenoxy) is 1. The lowest BCUT2D eigenvalue weighted by Gasteiger charge is -2.28. The number of carbonyl (C=O) groups is 2. The largest absolute Gasteiger partial charge is 0.471 e. The van der Waals surface area contributed by atoms with Crippen LogP contribution >= 0.6 is 0 Å². The van der Waals surface area contributed by atoms with E-state index in [1.165, 1.54) is 11.9 Å². The second-order valence-corrected chi connectivity index (χ2v) is 5.78. The normalized spacial score (nSPS) is 19.9. The van der Waals surface area contributed by atoms with E-state index < -0.39 is 29.8 Å². The first-order valence-corrected chi connectivity index (χ1v) is 6.24. The molecule has 0 bridgehead atoms. The third-order valence-electron chi connectivity index (χ3n) is 2.92. The molecule has 1 fully saturated rings. The summed E-state index contributed by atoms with van der Waals surface area (Å²) in [6, 6.07) is -0.462. The molecule has 0 saturated carbocycles. The molecule has 5 nitrogen and oxygen atoms in total. The molecule has 1 atom stereocenters. The fraction of sp³-hybridized carbons (Fsp3) is 0.833. The lowest BCUT2D eigenvalue weighted by molar-refractivity contribution is -0.184. The summed E-state index contributed by atoms with van der Waals surface area (Å²) in [6.07, 6.45) is -5.18. The van der Waals surface area contributed by atoms with Crippen molar-refractivity contribution < 1.29 is 27.5 Å². The monoisotopic (exact) mass is 296 g/mol. The maximum Gasteiger partial charge on any atom is 0.471 e. The maximum atomic E-state index is 12.3. The molecule has 8 heteroatoms. The van der Waals surface area contributed by atoms with Crippen LogP contribution in [-0.2, 0) is 9.53 Å². The van der Waals surface area contributed by atoms with Crippen LogP contribution in [0.5, 0.6) is 0 Å². The molecular formula is C12H19F3N2O3. The first-order valence-electron chi connectivity index (χ1n) is 6.24. The van der Waals surface area contributed by atoms with Gasteiger partial charge in [-0.3, -0.25) is 4.79 Å². The molecule has 1 heterocycles. The molecular weight excluding hydrogens is 277 g/mol. The second-order valence-electron chi connectivity index (χ2n) is 5.78. The van der Waals surface area contributed by atoms with Crippen LogP contribution in [0.4, 0.5) is 18.0 Å². The molecule has 0 aromatic heterocycles. The van der Waals surface area contributed by atoms with E-state index in [2.05, 4.69) is 0 Å². The predicted molar refractivity (Wildman–Crippen MR) is 65.0 cm³/mol. The zero-order valence-electron chi connectivity index (χ0n) is 12.0.